The lowest BCUT2D eigenvalue weighted by Gasteiger charge is -2.13. The molecule has 0 spiro atoms. The van der Waals surface area contributed by atoms with Gasteiger partial charge in [-0.15, -0.1) is 0 Å². The number of halogens is 3. The molecule has 4 nitrogen and oxygen atoms in total. The lowest BCUT2D eigenvalue weighted by molar-refractivity contribution is -0.137. The van der Waals surface area contributed by atoms with E-state index in [1.54, 1.807) is 24.4 Å². The van der Waals surface area contributed by atoms with E-state index >= 15 is 0 Å². The van der Waals surface area contributed by atoms with Crippen molar-refractivity contribution in [2.24, 2.45) is 0 Å². The second-order valence-electron chi connectivity index (χ2n) is 5.57. The Morgan fingerprint density at radius 3 is 2.64 bits per heavy atom. The molecule has 7 heteroatoms. The third-order valence-electron chi connectivity index (χ3n) is 4.13. The van der Waals surface area contributed by atoms with Crippen LogP contribution in [0.15, 0.2) is 48.8 Å². The highest BCUT2D eigenvalue weighted by Gasteiger charge is 2.32. The quantitative estimate of drug-likeness (QED) is 0.568. The van der Waals surface area contributed by atoms with Gasteiger partial charge in [0.1, 0.15) is 11.3 Å². The fraction of sp³-hybridized carbons (Fsp3) is 0.111. The van der Waals surface area contributed by atoms with E-state index < -0.39 is 11.7 Å². The number of benzene rings is 2. The molecule has 0 saturated heterocycles. The number of hydrogen-bond donors (Lipinski definition) is 1. The first-order valence-electron chi connectivity index (χ1n) is 7.45. The van der Waals surface area contributed by atoms with E-state index in [1.165, 1.54) is 13.3 Å². The molecule has 0 aliphatic carbocycles. The SMILES string of the molecule is COc1ccc(-c2cc(C(F)(F)F)cc3[nH]ncc23)c2cccnc12. The van der Waals surface area contributed by atoms with Gasteiger partial charge in [0.2, 0.25) is 0 Å². The zero-order chi connectivity index (χ0) is 17.6. The molecule has 4 rings (SSSR count). The molecule has 4 aromatic rings. The van der Waals surface area contributed by atoms with Crippen LogP contribution in [0.2, 0.25) is 0 Å². The summed E-state index contributed by atoms with van der Waals surface area (Å²) in [6.45, 7) is 0. The Kier molecular flexibility index (Phi) is 3.38. The van der Waals surface area contributed by atoms with Crippen LogP contribution >= 0.6 is 0 Å². The average molecular weight is 343 g/mol. The van der Waals surface area contributed by atoms with Crippen molar-refractivity contribution in [1.29, 1.82) is 0 Å². The molecule has 0 amide bonds. The van der Waals surface area contributed by atoms with Crippen LogP contribution < -0.4 is 4.74 Å². The van der Waals surface area contributed by atoms with Crippen molar-refractivity contribution >= 4 is 21.8 Å². The highest BCUT2D eigenvalue weighted by atomic mass is 19.4. The van der Waals surface area contributed by atoms with Crippen LogP contribution in [-0.2, 0) is 6.18 Å². The van der Waals surface area contributed by atoms with Crippen LogP contribution in [0.3, 0.4) is 0 Å². The van der Waals surface area contributed by atoms with Crippen LogP contribution in [0.5, 0.6) is 5.75 Å². The summed E-state index contributed by atoms with van der Waals surface area (Å²) in [5.41, 5.74) is 1.28. The first-order valence-corrected chi connectivity index (χ1v) is 7.45. The number of aromatic amines is 1. The molecular weight excluding hydrogens is 331 g/mol. The zero-order valence-electron chi connectivity index (χ0n) is 13.1. The van der Waals surface area contributed by atoms with E-state index in [1.807, 2.05) is 6.07 Å². The van der Waals surface area contributed by atoms with Crippen molar-refractivity contribution in [3.63, 3.8) is 0 Å². The molecule has 2 aromatic carbocycles. The van der Waals surface area contributed by atoms with E-state index in [9.17, 15) is 13.2 Å². The number of fused-ring (bicyclic) bond motifs is 2. The topological polar surface area (TPSA) is 50.8 Å². The minimum atomic E-state index is -4.45. The number of methoxy groups -OCH3 is 1. The summed E-state index contributed by atoms with van der Waals surface area (Å²) in [5.74, 6) is 0.565. The maximum Gasteiger partial charge on any atom is 0.416 e. The summed E-state index contributed by atoms with van der Waals surface area (Å²) in [6, 6.07) is 9.21. The van der Waals surface area contributed by atoms with Crippen LogP contribution in [0.4, 0.5) is 13.2 Å². The smallest absolute Gasteiger partial charge is 0.416 e. The molecule has 2 aromatic heterocycles. The molecule has 1 N–H and O–H groups in total. The normalized spacial score (nSPS) is 12.0. The average Bonchev–Trinajstić information content (AvgIpc) is 3.08. The number of hydrogen-bond acceptors (Lipinski definition) is 3. The highest BCUT2D eigenvalue weighted by Crippen LogP contribution is 2.40. The van der Waals surface area contributed by atoms with Gasteiger partial charge in [0.15, 0.2) is 0 Å². The largest absolute Gasteiger partial charge is 0.494 e. The van der Waals surface area contributed by atoms with Gasteiger partial charge in [-0.2, -0.15) is 18.3 Å². The van der Waals surface area contributed by atoms with Gasteiger partial charge in [-0.1, -0.05) is 6.07 Å². The third-order valence-corrected chi connectivity index (χ3v) is 4.13. The molecule has 0 saturated carbocycles. The fourth-order valence-electron chi connectivity index (χ4n) is 2.98. The highest BCUT2D eigenvalue weighted by molar-refractivity contribution is 6.05. The second kappa shape index (κ2) is 5.47. The van der Waals surface area contributed by atoms with Gasteiger partial charge in [-0.05, 0) is 41.5 Å². The standard InChI is InChI=1S/C18H12F3N3O/c1-25-16-5-4-11(12-3-2-6-22-17(12)16)13-7-10(18(19,20)21)8-15-14(13)9-23-24-15/h2-9H,1H3,(H,23,24). The maximum atomic E-state index is 13.3. The van der Waals surface area contributed by atoms with Crippen molar-refractivity contribution in [3.05, 3.63) is 54.4 Å². The van der Waals surface area contributed by atoms with Gasteiger partial charge in [-0.25, -0.2) is 0 Å². The number of rotatable bonds is 2. The predicted octanol–water partition coefficient (Wildman–Crippen LogP) is 4.81. The summed E-state index contributed by atoms with van der Waals surface area (Å²) >= 11 is 0. The minimum Gasteiger partial charge on any atom is -0.494 e. The third kappa shape index (κ3) is 2.48. The molecule has 0 fully saturated rings. The summed E-state index contributed by atoms with van der Waals surface area (Å²) in [6.07, 6.45) is -1.31. The number of ether oxygens (including phenoxy) is 1. The molecule has 126 valence electrons. The molecule has 2 heterocycles. The first kappa shape index (κ1) is 15.4. The van der Waals surface area contributed by atoms with Crippen molar-refractivity contribution < 1.29 is 17.9 Å². The maximum absolute atomic E-state index is 13.3. The Hall–Kier alpha value is -3.09. The molecular formula is C18H12F3N3O. The van der Waals surface area contributed by atoms with Crippen LogP contribution in [0.1, 0.15) is 5.56 Å². The van der Waals surface area contributed by atoms with E-state index in [0.29, 0.717) is 38.7 Å². The predicted molar refractivity (Wildman–Crippen MR) is 88.4 cm³/mol. The Balaban J connectivity index is 2.09. The van der Waals surface area contributed by atoms with Crippen molar-refractivity contribution in [1.82, 2.24) is 15.2 Å². The zero-order valence-corrected chi connectivity index (χ0v) is 13.1. The van der Waals surface area contributed by atoms with E-state index in [-0.39, 0.29) is 0 Å². The summed E-state index contributed by atoms with van der Waals surface area (Å²) < 4.78 is 45.2. The van der Waals surface area contributed by atoms with Gasteiger partial charge in [0.05, 0.1) is 24.4 Å². The Bertz CT molecular complexity index is 1090. The molecule has 0 aliphatic rings. The number of pyridine rings is 1. The fourth-order valence-corrected chi connectivity index (χ4v) is 2.98. The molecule has 25 heavy (non-hydrogen) atoms. The first-order chi connectivity index (χ1) is 12.0. The van der Waals surface area contributed by atoms with Gasteiger partial charge < -0.3 is 4.74 Å². The van der Waals surface area contributed by atoms with Crippen molar-refractivity contribution in [2.75, 3.05) is 7.11 Å². The van der Waals surface area contributed by atoms with Crippen LogP contribution in [-0.4, -0.2) is 22.3 Å². The molecule has 0 unspecified atom stereocenters. The molecule has 0 radical (unpaired) electrons. The number of alkyl halides is 3. The van der Waals surface area contributed by atoms with Crippen LogP contribution in [0, 0.1) is 0 Å². The number of nitrogens with one attached hydrogen (secondary N) is 1. The summed E-state index contributed by atoms with van der Waals surface area (Å²) in [5, 5.41) is 7.84. The van der Waals surface area contributed by atoms with Crippen LogP contribution in [0.25, 0.3) is 32.9 Å². The van der Waals surface area contributed by atoms with E-state index in [0.717, 1.165) is 12.1 Å². The van der Waals surface area contributed by atoms with Gasteiger partial charge >= 0.3 is 6.18 Å². The van der Waals surface area contributed by atoms with Crippen molar-refractivity contribution in [3.8, 4) is 16.9 Å². The summed E-state index contributed by atoms with van der Waals surface area (Å²) in [7, 11) is 1.53. The number of aromatic nitrogens is 3. The minimum absolute atomic E-state index is 0.331. The lowest BCUT2D eigenvalue weighted by atomic mass is 9.95. The van der Waals surface area contributed by atoms with Gasteiger partial charge in [-0.3, -0.25) is 10.1 Å². The van der Waals surface area contributed by atoms with E-state index in [4.69, 9.17) is 4.74 Å². The Labute approximate surface area is 140 Å². The molecule has 0 bridgehead atoms. The van der Waals surface area contributed by atoms with Gasteiger partial charge in [0.25, 0.3) is 0 Å². The Morgan fingerprint density at radius 1 is 1.04 bits per heavy atom. The van der Waals surface area contributed by atoms with Crippen molar-refractivity contribution in [2.45, 2.75) is 6.18 Å². The second-order valence-corrected chi connectivity index (χ2v) is 5.57. The molecule has 0 atom stereocenters. The number of H-pyrrole nitrogens is 1. The summed E-state index contributed by atoms with van der Waals surface area (Å²) in [4.78, 5) is 4.31. The van der Waals surface area contributed by atoms with Gasteiger partial charge in [0, 0.05) is 17.0 Å². The van der Waals surface area contributed by atoms with E-state index in [2.05, 4.69) is 15.2 Å². The lowest BCUT2D eigenvalue weighted by Crippen LogP contribution is -2.05. The molecule has 0 aliphatic heterocycles. The monoisotopic (exact) mass is 343 g/mol. The Morgan fingerprint density at radius 2 is 1.88 bits per heavy atom. The number of nitrogens with zero attached hydrogens (tertiary/aromatic N) is 2.